The summed E-state index contributed by atoms with van der Waals surface area (Å²) in [7, 11) is 0. The molecule has 2 N–H and O–H groups in total. The van der Waals surface area contributed by atoms with Gasteiger partial charge in [-0.1, -0.05) is 44.4 Å². The van der Waals surface area contributed by atoms with E-state index in [9.17, 15) is 19.8 Å². The van der Waals surface area contributed by atoms with Gasteiger partial charge in [0, 0.05) is 18.5 Å². The minimum atomic E-state index is -1.18. The number of esters is 1. The minimum Gasteiger partial charge on any atom is -0.456 e. The number of pyridine rings is 1. The Morgan fingerprint density at radius 2 is 1.92 bits per heavy atom. The molecule has 2 unspecified atom stereocenters. The van der Waals surface area contributed by atoms with E-state index >= 15 is 0 Å². The smallest absolute Gasteiger partial charge is 0.309 e. The number of Topliss-reactive ketones (excluding diaryl/α,β-unsaturated/α-hetero) is 1. The van der Waals surface area contributed by atoms with Crippen molar-refractivity contribution >= 4 is 29.4 Å². The first kappa shape index (κ1) is 27.2. The van der Waals surface area contributed by atoms with Crippen molar-refractivity contribution < 1.29 is 29.3 Å². The van der Waals surface area contributed by atoms with Crippen molar-refractivity contribution in [2.75, 3.05) is 0 Å². The predicted molar refractivity (Wildman–Crippen MR) is 136 cm³/mol. The lowest BCUT2D eigenvalue weighted by atomic mass is 9.58. The number of rotatable bonds is 2. The van der Waals surface area contributed by atoms with E-state index in [1.54, 1.807) is 25.3 Å². The van der Waals surface area contributed by atoms with E-state index in [4.69, 9.17) is 21.1 Å². The van der Waals surface area contributed by atoms with E-state index in [1.807, 2.05) is 26.0 Å². The molecule has 36 heavy (non-hydrogen) atoms. The van der Waals surface area contributed by atoms with Crippen LogP contribution in [-0.2, 0) is 19.1 Å². The largest absolute Gasteiger partial charge is 0.456 e. The van der Waals surface area contributed by atoms with Crippen LogP contribution in [0.2, 0.25) is 0 Å². The Morgan fingerprint density at radius 1 is 1.17 bits per heavy atom. The molecule has 0 amide bonds. The number of aliphatic hydroxyl groups is 2. The quantitative estimate of drug-likeness (QED) is 0.439. The van der Waals surface area contributed by atoms with Crippen LogP contribution in [0.1, 0.15) is 77.8 Å². The Bertz CT molecular complexity index is 980. The van der Waals surface area contributed by atoms with Crippen LogP contribution >= 0.6 is 11.6 Å². The standard InChI is InChI=1S/C28H38ClNO6/c1-17-8-6-10-27(3)23(36-27)15-21(20(29)14-19-9-4-5-13-30-19)35-24(32)16-22(31)28(11-7-12-28)26(34)18(2)25(17)33/h4-5,9,13-14,17-18,21-23,25,31,33H,6-8,10-12,15-16H2,1-3H3/t17-,18-,21-,22+,23?,25-,27?/m0/s1. The van der Waals surface area contributed by atoms with E-state index < -0.39 is 35.6 Å². The first-order valence-electron chi connectivity index (χ1n) is 13.1. The number of carbonyl (C=O) groups excluding carboxylic acids is 2. The normalized spacial score (nSPS) is 38.1. The van der Waals surface area contributed by atoms with Gasteiger partial charge in [-0.15, -0.1) is 0 Å². The zero-order valence-corrected chi connectivity index (χ0v) is 22.1. The number of fused-ring (bicyclic) bond motifs is 1. The zero-order valence-electron chi connectivity index (χ0n) is 21.4. The summed E-state index contributed by atoms with van der Waals surface area (Å²) in [6.45, 7) is 5.73. The van der Waals surface area contributed by atoms with E-state index in [0.717, 1.165) is 25.7 Å². The van der Waals surface area contributed by atoms with Crippen molar-refractivity contribution in [3.05, 3.63) is 35.1 Å². The molecule has 1 aromatic rings. The fraction of sp³-hybridized carbons (Fsp3) is 0.679. The lowest BCUT2D eigenvalue weighted by Gasteiger charge is -2.46. The highest BCUT2D eigenvalue weighted by Crippen LogP contribution is 2.49. The number of cyclic esters (lactones) is 1. The van der Waals surface area contributed by atoms with Crippen molar-refractivity contribution in [1.29, 1.82) is 0 Å². The van der Waals surface area contributed by atoms with Gasteiger partial charge in [-0.2, -0.15) is 0 Å². The molecule has 1 aromatic heterocycles. The predicted octanol–water partition coefficient (Wildman–Crippen LogP) is 4.43. The van der Waals surface area contributed by atoms with Gasteiger partial charge >= 0.3 is 5.97 Å². The SMILES string of the molecule is C[C@@H]1C(=O)C2(CCC2)[C@H](O)CC(=O)O[C@H](C(Cl)=Cc2ccccn2)CC2OC2(C)CCC[C@H](C)[C@@H]1O. The molecule has 7 atom stereocenters. The van der Waals surface area contributed by atoms with Crippen LogP contribution in [0.25, 0.3) is 6.08 Å². The first-order chi connectivity index (χ1) is 17.1. The Labute approximate surface area is 218 Å². The van der Waals surface area contributed by atoms with Crippen LogP contribution in [0.5, 0.6) is 0 Å². The molecule has 0 radical (unpaired) electrons. The highest BCUT2D eigenvalue weighted by atomic mass is 35.5. The number of carbonyl (C=O) groups is 2. The zero-order chi connectivity index (χ0) is 26.1. The summed E-state index contributed by atoms with van der Waals surface area (Å²) in [4.78, 5) is 30.7. The number of ketones is 1. The Kier molecular flexibility index (Phi) is 8.25. The van der Waals surface area contributed by atoms with Crippen LogP contribution in [0.4, 0.5) is 0 Å². The number of aromatic nitrogens is 1. The fourth-order valence-electron chi connectivity index (χ4n) is 5.82. The second-order valence-corrected chi connectivity index (χ2v) is 11.6. The van der Waals surface area contributed by atoms with Crippen LogP contribution in [0.3, 0.4) is 0 Å². The first-order valence-corrected chi connectivity index (χ1v) is 13.5. The van der Waals surface area contributed by atoms with Crippen molar-refractivity contribution in [3.8, 4) is 0 Å². The van der Waals surface area contributed by atoms with Gasteiger partial charge in [-0.05, 0) is 56.7 Å². The van der Waals surface area contributed by atoms with Crippen molar-refractivity contribution in [3.63, 3.8) is 0 Å². The van der Waals surface area contributed by atoms with Gasteiger partial charge in [0.1, 0.15) is 11.9 Å². The molecule has 8 heteroatoms. The van der Waals surface area contributed by atoms with Gasteiger partial charge in [-0.25, -0.2) is 0 Å². The molecule has 4 rings (SSSR count). The number of halogens is 1. The van der Waals surface area contributed by atoms with Crippen molar-refractivity contribution in [2.45, 2.75) is 102 Å². The van der Waals surface area contributed by atoms with Crippen molar-refractivity contribution in [1.82, 2.24) is 4.98 Å². The van der Waals surface area contributed by atoms with Crippen LogP contribution < -0.4 is 0 Å². The van der Waals surface area contributed by atoms with Gasteiger partial charge < -0.3 is 19.7 Å². The number of epoxide rings is 1. The maximum Gasteiger partial charge on any atom is 0.309 e. The molecule has 2 aliphatic heterocycles. The van der Waals surface area contributed by atoms with Crippen LogP contribution in [0, 0.1) is 17.3 Å². The van der Waals surface area contributed by atoms with E-state index in [1.165, 1.54) is 0 Å². The second-order valence-electron chi connectivity index (χ2n) is 11.2. The summed E-state index contributed by atoms with van der Waals surface area (Å²) in [5, 5.41) is 22.3. The lowest BCUT2D eigenvalue weighted by molar-refractivity contribution is -0.161. The molecule has 3 aliphatic rings. The lowest BCUT2D eigenvalue weighted by Crippen LogP contribution is -2.53. The molecule has 2 saturated heterocycles. The Balaban J connectivity index is 1.58. The highest BCUT2D eigenvalue weighted by molar-refractivity contribution is 6.32. The molecule has 0 bridgehead atoms. The number of aliphatic hydroxyl groups excluding tert-OH is 2. The van der Waals surface area contributed by atoms with Gasteiger partial charge in [-0.3, -0.25) is 14.6 Å². The average molecular weight is 520 g/mol. The maximum atomic E-state index is 13.5. The van der Waals surface area contributed by atoms with Gasteiger partial charge in [0.25, 0.3) is 0 Å². The highest BCUT2D eigenvalue weighted by Gasteiger charge is 2.54. The molecule has 1 spiro atoms. The number of nitrogens with zero attached hydrogens (tertiary/aromatic N) is 1. The number of hydrogen-bond acceptors (Lipinski definition) is 7. The third kappa shape index (κ3) is 5.69. The maximum absolute atomic E-state index is 13.5. The summed E-state index contributed by atoms with van der Waals surface area (Å²) in [6, 6.07) is 5.46. The monoisotopic (exact) mass is 519 g/mol. The van der Waals surface area contributed by atoms with E-state index in [0.29, 0.717) is 30.0 Å². The summed E-state index contributed by atoms with van der Waals surface area (Å²) >= 11 is 6.64. The molecule has 1 saturated carbocycles. The molecule has 198 valence electrons. The van der Waals surface area contributed by atoms with Crippen LogP contribution in [0.15, 0.2) is 29.4 Å². The van der Waals surface area contributed by atoms with E-state index in [-0.39, 0.29) is 29.8 Å². The number of ether oxygens (including phenoxy) is 2. The summed E-state index contributed by atoms with van der Waals surface area (Å²) in [5.74, 6) is -1.47. The molecular formula is C28H38ClNO6. The summed E-state index contributed by atoms with van der Waals surface area (Å²) < 4.78 is 11.8. The molecule has 7 nitrogen and oxygen atoms in total. The van der Waals surface area contributed by atoms with Crippen molar-refractivity contribution in [2.24, 2.45) is 17.3 Å². The Hall–Kier alpha value is -1.80. The Morgan fingerprint density at radius 3 is 2.56 bits per heavy atom. The molecule has 0 aromatic carbocycles. The molecular weight excluding hydrogens is 482 g/mol. The van der Waals surface area contributed by atoms with Gasteiger partial charge in [0.2, 0.25) is 0 Å². The number of hydrogen-bond donors (Lipinski definition) is 2. The minimum absolute atomic E-state index is 0.0691. The third-order valence-electron chi connectivity index (χ3n) is 8.59. The van der Waals surface area contributed by atoms with E-state index in [2.05, 4.69) is 4.98 Å². The van der Waals surface area contributed by atoms with Gasteiger partial charge in [0.05, 0.1) is 46.5 Å². The van der Waals surface area contributed by atoms with Crippen LogP contribution in [-0.4, -0.2) is 57.0 Å². The molecule has 3 heterocycles. The molecule has 1 aliphatic carbocycles. The fourth-order valence-corrected chi connectivity index (χ4v) is 6.07. The topological polar surface area (TPSA) is 109 Å². The summed E-state index contributed by atoms with van der Waals surface area (Å²) in [6.07, 6.45) is 4.76. The third-order valence-corrected chi connectivity index (χ3v) is 8.95. The summed E-state index contributed by atoms with van der Waals surface area (Å²) in [5.41, 5.74) is -0.728. The van der Waals surface area contributed by atoms with Gasteiger partial charge in [0.15, 0.2) is 0 Å². The average Bonchev–Trinajstić information content (AvgIpc) is 3.45. The molecule has 3 fully saturated rings. The second kappa shape index (κ2) is 10.9.